The van der Waals surface area contributed by atoms with Gasteiger partial charge >= 0.3 is 0 Å². The average molecular weight is 416 g/mol. The molecule has 2 aliphatic heterocycles. The molecule has 5 rings (SSSR count). The highest BCUT2D eigenvalue weighted by molar-refractivity contribution is 6.07. The van der Waals surface area contributed by atoms with Crippen LogP contribution in [0.5, 0.6) is 0 Å². The SMILES string of the molecule is Cc1cc(Nc2cc3ncccc3c(C(=O)C3CC4CC[C@@H](C3)N4CCC#N)n2)n[nH]1. The Balaban J connectivity index is 1.44. The predicted octanol–water partition coefficient (Wildman–Crippen LogP) is 3.74. The van der Waals surface area contributed by atoms with Crippen molar-refractivity contribution in [2.75, 3.05) is 11.9 Å². The first-order chi connectivity index (χ1) is 15.1. The van der Waals surface area contributed by atoms with Crippen molar-refractivity contribution in [3.05, 3.63) is 41.9 Å². The maximum Gasteiger partial charge on any atom is 0.185 e. The molecule has 0 saturated carbocycles. The fourth-order valence-corrected chi connectivity index (χ4v) is 5.17. The molecule has 158 valence electrons. The van der Waals surface area contributed by atoms with Crippen LogP contribution in [-0.4, -0.2) is 49.5 Å². The molecule has 0 radical (unpaired) electrons. The molecule has 31 heavy (non-hydrogen) atoms. The Labute approximate surface area is 180 Å². The smallest absolute Gasteiger partial charge is 0.185 e. The number of rotatable bonds is 6. The number of aromatic nitrogens is 4. The topological polar surface area (TPSA) is 111 Å². The van der Waals surface area contributed by atoms with Gasteiger partial charge in [-0.2, -0.15) is 10.4 Å². The van der Waals surface area contributed by atoms with E-state index < -0.39 is 0 Å². The van der Waals surface area contributed by atoms with Gasteiger partial charge in [0.25, 0.3) is 0 Å². The number of carbonyl (C=O) groups is 1. The molecule has 2 N–H and O–H groups in total. The number of nitrogens with one attached hydrogen (secondary N) is 2. The van der Waals surface area contributed by atoms with Gasteiger partial charge in [0.05, 0.1) is 11.6 Å². The quantitative estimate of drug-likeness (QED) is 0.590. The molecule has 3 aromatic heterocycles. The largest absolute Gasteiger partial charge is 0.323 e. The van der Waals surface area contributed by atoms with E-state index in [9.17, 15) is 4.79 Å². The van der Waals surface area contributed by atoms with Crippen molar-refractivity contribution >= 4 is 28.3 Å². The van der Waals surface area contributed by atoms with Gasteiger partial charge in [0.15, 0.2) is 11.6 Å². The van der Waals surface area contributed by atoms with Crippen LogP contribution in [0, 0.1) is 24.2 Å². The van der Waals surface area contributed by atoms with Crippen LogP contribution in [0.15, 0.2) is 30.5 Å². The number of nitrogens with zero attached hydrogens (tertiary/aromatic N) is 5. The van der Waals surface area contributed by atoms with Gasteiger partial charge in [0.2, 0.25) is 0 Å². The number of anilines is 2. The minimum absolute atomic E-state index is 0.0466. The molecule has 2 saturated heterocycles. The second kappa shape index (κ2) is 8.08. The highest BCUT2D eigenvalue weighted by Crippen LogP contribution is 2.40. The summed E-state index contributed by atoms with van der Waals surface area (Å²) in [6.45, 7) is 2.74. The number of aromatic amines is 1. The first kappa shape index (κ1) is 19.6. The van der Waals surface area contributed by atoms with E-state index in [1.165, 1.54) is 0 Å². The molecular weight excluding hydrogens is 390 g/mol. The number of carbonyl (C=O) groups excluding carboxylic acids is 1. The minimum Gasteiger partial charge on any atom is -0.323 e. The van der Waals surface area contributed by atoms with E-state index in [-0.39, 0.29) is 11.7 Å². The van der Waals surface area contributed by atoms with Crippen molar-refractivity contribution in [2.45, 2.75) is 51.1 Å². The van der Waals surface area contributed by atoms with Crippen molar-refractivity contribution in [1.29, 1.82) is 5.26 Å². The zero-order chi connectivity index (χ0) is 21.4. The van der Waals surface area contributed by atoms with Crippen molar-refractivity contribution in [1.82, 2.24) is 25.1 Å². The summed E-state index contributed by atoms with van der Waals surface area (Å²) in [5.74, 6) is 1.27. The standard InChI is InChI=1S/C23H25N7O/c1-14-10-21(29-28-14)26-20-13-19-18(4-2-8-25-19)22(27-20)23(31)15-11-16-5-6-17(12-15)30(16)9-3-7-24/h2,4,8,10,13,15-17H,3,5-6,9,11-12H2,1H3,(H2,26,27,28,29)/t15?,16-,17?/m0/s1. The molecule has 0 amide bonds. The lowest BCUT2D eigenvalue weighted by molar-refractivity contribution is 0.0706. The molecule has 8 heteroatoms. The molecule has 2 fully saturated rings. The number of nitriles is 1. The Kier molecular flexibility index (Phi) is 5.12. The molecule has 3 aromatic rings. The van der Waals surface area contributed by atoms with Crippen LogP contribution >= 0.6 is 0 Å². The third-order valence-electron chi connectivity index (χ3n) is 6.53. The fourth-order valence-electron chi connectivity index (χ4n) is 5.17. The second-order valence-electron chi connectivity index (χ2n) is 8.55. The van der Waals surface area contributed by atoms with Crippen LogP contribution in [0.4, 0.5) is 11.6 Å². The van der Waals surface area contributed by atoms with Gasteiger partial charge in [0.1, 0.15) is 11.5 Å². The summed E-state index contributed by atoms with van der Waals surface area (Å²) in [4.78, 5) is 25.3. The normalized spacial score (nSPS) is 23.0. The van der Waals surface area contributed by atoms with Crippen LogP contribution in [-0.2, 0) is 0 Å². The third-order valence-corrected chi connectivity index (χ3v) is 6.53. The summed E-state index contributed by atoms with van der Waals surface area (Å²) in [5, 5.41) is 20.0. The molecule has 5 heterocycles. The number of pyridine rings is 2. The number of Topliss-reactive ketones (excluding diaryl/α,β-unsaturated/α-hetero) is 1. The van der Waals surface area contributed by atoms with E-state index in [1.54, 1.807) is 6.20 Å². The minimum atomic E-state index is -0.0466. The second-order valence-corrected chi connectivity index (χ2v) is 8.55. The molecule has 8 nitrogen and oxygen atoms in total. The van der Waals surface area contributed by atoms with Crippen molar-refractivity contribution in [2.24, 2.45) is 5.92 Å². The molecule has 0 aliphatic carbocycles. The van der Waals surface area contributed by atoms with Crippen LogP contribution in [0.25, 0.3) is 10.9 Å². The van der Waals surface area contributed by atoms with Gasteiger partial charge in [-0.05, 0) is 44.7 Å². The summed E-state index contributed by atoms with van der Waals surface area (Å²) < 4.78 is 0. The molecule has 2 aliphatic rings. The Morgan fingerprint density at radius 3 is 2.81 bits per heavy atom. The Morgan fingerprint density at radius 2 is 2.10 bits per heavy atom. The van der Waals surface area contributed by atoms with E-state index in [4.69, 9.17) is 10.2 Å². The summed E-state index contributed by atoms with van der Waals surface area (Å²) in [6.07, 6.45) is 6.16. The fraction of sp³-hybridized carbons (Fsp3) is 0.435. The van der Waals surface area contributed by atoms with Gasteiger partial charge in [0, 0.05) is 60.4 Å². The van der Waals surface area contributed by atoms with Crippen LogP contribution in [0.1, 0.15) is 48.3 Å². The summed E-state index contributed by atoms with van der Waals surface area (Å²) >= 11 is 0. The highest BCUT2D eigenvalue weighted by Gasteiger charge is 2.43. The van der Waals surface area contributed by atoms with Crippen molar-refractivity contribution in [3.63, 3.8) is 0 Å². The summed E-state index contributed by atoms with van der Waals surface area (Å²) in [6, 6.07) is 10.5. The van der Waals surface area contributed by atoms with Gasteiger partial charge in [-0.25, -0.2) is 4.98 Å². The van der Waals surface area contributed by atoms with E-state index >= 15 is 0 Å². The highest BCUT2D eigenvalue weighted by atomic mass is 16.1. The van der Waals surface area contributed by atoms with Gasteiger partial charge in [-0.3, -0.25) is 19.8 Å². The maximum atomic E-state index is 13.7. The molecule has 2 unspecified atom stereocenters. The maximum absolute atomic E-state index is 13.7. The molecule has 0 spiro atoms. The van der Waals surface area contributed by atoms with Crippen molar-refractivity contribution in [3.8, 4) is 6.07 Å². The molecule has 0 aromatic carbocycles. The Hall–Kier alpha value is -3.31. The first-order valence-corrected chi connectivity index (χ1v) is 10.8. The number of H-pyrrole nitrogens is 1. The van der Waals surface area contributed by atoms with Crippen molar-refractivity contribution < 1.29 is 4.79 Å². The van der Waals surface area contributed by atoms with Gasteiger partial charge in [-0.1, -0.05) is 0 Å². The Morgan fingerprint density at radius 1 is 1.29 bits per heavy atom. The third kappa shape index (κ3) is 3.77. The lowest BCUT2D eigenvalue weighted by Gasteiger charge is -2.38. The predicted molar refractivity (Wildman–Crippen MR) is 117 cm³/mol. The molecular formula is C23H25N7O. The molecule has 3 atom stereocenters. The van der Waals surface area contributed by atoms with Crippen LogP contribution in [0.3, 0.4) is 0 Å². The molecule has 2 bridgehead atoms. The van der Waals surface area contributed by atoms with E-state index in [2.05, 4.69) is 31.5 Å². The van der Waals surface area contributed by atoms with Gasteiger partial charge in [-0.15, -0.1) is 0 Å². The Bertz CT molecular complexity index is 1150. The zero-order valence-corrected chi connectivity index (χ0v) is 17.5. The lowest BCUT2D eigenvalue weighted by Crippen LogP contribution is -2.45. The summed E-state index contributed by atoms with van der Waals surface area (Å²) in [5.41, 5.74) is 2.16. The zero-order valence-electron chi connectivity index (χ0n) is 17.5. The lowest BCUT2D eigenvalue weighted by atomic mass is 9.85. The first-order valence-electron chi connectivity index (χ1n) is 10.8. The average Bonchev–Trinajstić information content (AvgIpc) is 3.28. The summed E-state index contributed by atoms with van der Waals surface area (Å²) in [7, 11) is 0. The number of fused-ring (bicyclic) bond motifs is 3. The van der Waals surface area contributed by atoms with E-state index in [0.29, 0.717) is 35.8 Å². The van der Waals surface area contributed by atoms with Gasteiger partial charge < -0.3 is 5.32 Å². The number of aryl methyl sites for hydroxylation is 1. The van der Waals surface area contributed by atoms with E-state index in [0.717, 1.165) is 48.8 Å². The van der Waals surface area contributed by atoms with Crippen LogP contribution in [0.2, 0.25) is 0 Å². The monoisotopic (exact) mass is 415 g/mol. The number of hydrogen-bond donors (Lipinski definition) is 2. The van der Waals surface area contributed by atoms with Crippen LogP contribution < -0.4 is 5.32 Å². The number of piperidine rings is 1. The number of hydrogen-bond acceptors (Lipinski definition) is 7. The number of ketones is 1. The van der Waals surface area contributed by atoms with E-state index in [1.807, 2.05) is 31.2 Å².